The molecule has 2 aromatic rings. The smallest absolute Gasteiger partial charge is 0.269 e. The lowest BCUT2D eigenvalue weighted by Gasteiger charge is -2.13. The van der Waals surface area contributed by atoms with Gasteiger partial charge in [-0.3, -0.25) is 14.9 Å². The van der Waals surface area contributed by atoms with Crippen LogP contribution >= 0.6 is 24.0 Å². The molecular formula is C19H17N3O5S2. The van der Waals surface area contributed by atoms with E-state index in [0.29, 0.717) is 39.3 Å². The van der Waals surface area contributed by atoms with Crippen LogP contribution in [0.5, 0.6) is 11.5 Å². The molecule has 0 N–H and O–H groups in total. The number of nitro benzene ring substituents is 1. The molecule has 1 aliphatic heterocycles. The van der Waals surface area contributed by atoms with E-state index in [1.165, 1.54) is 35.1 Å². The predicted molar refractivity (Wildman–Crippen MR) is 115 cm³/mol. The van der Waals surface area contributed by atoms with Crippen LogP contribution in [0.2, 0.25) is 0 Å². The number of thiocarbonyl (C=S) groups is 1. The van der Waals surface area contributed by atoms with Crippen LogP contribution in [-0.2, 0) is 11.4 Å². The van der Waals surface area contributed by atoms with E-state index in [9.17, 15) is 14.9 Å². The van der Waals surface area contributed by atoms with Gasteiger partial charge in [0, 0.05) is 12.1 Å². The summed E-state index contributed by atoms with van der Waals surface area (Å²) >= 11 is 6.37. The quantitative estimate of drug-likeness (QED) is 0.272. The molecule has 0 aromatic heterocycles. The molecule has 1 saturated heterocycles. The zero-order valence-corrected chi connectivity index (χ0v) is 17.1. The maximum absolute atomic E-state index is 11.7. The van der Waals surface area contributed by atoms with Crippen molar-refractivity contribution in [2.24, 2.45) is 5.10 Å². The summed E-state index contributed by atoms with van der Waals surface area (Å²) in [6.07, 6.45) is 1.53. The third-order valence-electron chi connectivity index (χ3n) is 3.83. The van der Waals surface area contributed by atoms with Gasteiger partial charge in [0.1, 0.15) is 6.61 Å². The Morgan fingerprint density at radius 2 is 2.10 bits per heavy atom. The average Bonchev–Trinajstić information content (AvgIpc) is 3.03. The molecule has 10 heteroatoms. The van der Waals surface area contributed by atoms with Crippen LogP contribution in [-0.4, -0.2) is 38.7 Å². The number of carbonyl (C=O) groups is 1. The predicted octanol–water partition coefficient (Wildman–Crippen LogP) is 3.77. The average molecular weight is 431 g/mol. The maximum Gasteiger partial charge on any atom is 0.269 e. The second kappa shape index (κ2) is 9.48. The number of ether oxygens (including phenoxy) is 2. The molecule has 0 aliphatic carbocycles. The largest absolute Gasteiger partial charge is 0.490 e. The van der Waals surface area contributed by atoms with Crippen LogP contribution in [0, 0.1) is 10.1 Å². The maximum atomic E-state index is 11.7. The number of hydrazone groups is 1. The Morgan fingerprint density at radius 1 is 1.28 bits per heavy atom. The van der Waals surface area contributed by atoms with E-state index >= 15 is 0 Å². The highest BCUT2D eigenvalue weighted by molar-refractivity contribution is 8.23. The zero-order valence-electron chi connectivity index (χ0n) is 15.4. The molecule has 1 aliphatic rings. The van der Waals surface area contributed by atoms with Gasteiger partial charge in [0.2, 0.25) is 0 Å². The Kier molecular flexibility index (Phi) is 6.78. The summed E-state index contributed by atoms with van der Waals surface area (Å²) < 4.78 is 11.9. The Labute approximate surface area is 176 Å². The number of nitro groups is 1. The highest BCUT2D eigenvalue weighted by Crippen LogP contribution is 2.29. The summed E-state index contributed by atoms with van der Waals surface area (Å²) in [5.74, 6) is 1.15. The van der Waals surface area contributed by atoms with Gasteiger partial charge in [0.25, 0.3) is 11.6 Å². The summed E-state index contributed by atoms with van der Waals surface area (Å²) in [7, 11) is 0. The van der Waals surface area contributed by atoms with E-state index in [1.54, 1.807) is 30.3 Å². The first kappa shape index (κ1) is 20.7. The van der Waals surface area contributed by atoms with Gasteiger partial charge in [-0.05, 0) is 36.2 Å². The van der Waals surface area contributed by atoms with Gasteiger partial charge < -0.3 is 9.47 Å². The molecule has 1 heterocycles. The highest BCUT2D eigenvalue weighted by atomic mass is 32.2. The summed E-state index contributed by atoms with van der Waals surface area (Å²) in [6, 6.07) is 11.5. The molecule has 0 saturated carbocycles. The fourth-order valence-electron chi connectivity index (χ4n) is 2.50. The summed E-state index contributed by atoms with van der Waals surface area (Å²) in [6.45, 7) is 2.44. The van der Waals surface area contributed by atoms with Crippen molar-refractivity contribution in [2.75, 3.05) is 12.4 Å². The number of carbonyl (C=O) groups excluding carboxylic acids is 1. The van der Waals surface area contributed by atoms with E-state index < -0.39 is 4.92 Å². The molecule has 0 spiro atoms. The van der Waals surface area contributed by atoms with Crippen LogP contribution in [0.25, 0.3) is 0 Å². The Hall–Kier alpha value is -2.98. The van der Waals surface area contributed by atoms with Crippen LogP contribution in [0.4, 0.5) is 5.69 Å². The van der Waals surface area contributed by atoms with Crippen molar-refractivity contribution in [2.45, 2.75) is 13.5 Å². The van der Waals surface area contributed by atoms with Crippen molar-refractivity contribution < 1.29 is 19.2 Å². The number of rotatable bonds is 8. The first-order chi connectivity index (χ1) is 14.0. The summed E-state index contributed by atoms with van der Waals surface area (Å²) in [4.78, 5) is 22.2. The molecule has 0 atom stereocenters. The number of hydrogen-bond acceptors (Lipinski definition) is 8. The minimum absolute atomic E-state index is 0.00947. The molecule has 0 radical (unpaired) electrons. The third-order valence-corrected chi connectivity index (χ3v) is 5.17. The van der Waals surface area contributed by atoms with Gasteiger partial charge in [0.15, 0.2) is 15.8 Å². The topological polar surface area (TPSA) is 94.3 Å². The molecule has 3 rings (SSSR count). The number of nitrogens with zero attached hydrogens (tertiary/aromatic N) is 3. The van der Waals surface area contributed by atoms with Crippen LogP contribution < -0.4 is 9.47 Å². The number of non-ortho nitro benzene ring substituents is 1. The zero-order chi connectivity index (χ0) is 20.8. The number of amides is 1. The van der Waals surface area contributed by atoms with Crippen LogP contribution in [0.1, 0.15) is 18.1 Å². The minimum atomic E-state index is -0.446. The van der Waals surface area contributed by atoms with Gasteiger partial charge in [-0.15, -0.1) is 0 Å². The summed E-state index contributed by atoms with van der Waals surface area (Å²) in [5, 5.41) is 16.2. The van der Waals surface area contributed by atoms with Crippen LogP contribution in [0.3, 0.4) is 0 Å². The molecule has 2 aromatic carbocycles. The van der Waals surface area contributed by atoms with Crippen molar-refractivity contribution in [3.05, 3.63) is 63.7 Å². The van der Waals surface area contributed by atoms with Gasteiger partial charge >= 0.3 is 0 Å². The Balaban J connectivity index is 1.74. The molecular weight excluding hydrogens is 414 g/mol. The first-order valence-electron chi connectivity index (χ1n) is 8.64. The molecule has 29 heavy (non-hydrogen) atoms. The number of benzene rings is 2. The minimum Gasteiger partial charge on any atom is -0.490 e. The van der Waals surface area contributed by atoms with E-state index in [0.717, 1.165) is 0 Å². The SMILES string of the molecule is CCOc1cc(/C=N/N2C(=O)CSC2=S)ccc1OCc1cccc([N+](=O)[O-])c1. The number of hydrogen-bond donors (Lipinski definition) is 0. The van der Waals surface area contributed by atoms with Gasteiger partial charge in [0.05, 0.1) is 23.5 Å². The van der Waals surface area contributed by atoms with Crippen molar-refractivity contribution in [1.29, 1.82) is 0 Å². The van der Waals surface area contributed by atoms with Crippen molar-refractivity contribution in [3.63, 3.8) is 0 Å². The van der Waals surface area contributed by atoms with E-state index in [1.807, 2.05) is 6.92 Å². The summed E-state index contributed by atoms with van der Waals surface area (Å²) in [5.41, 5.74) is 1.39. The second-order valence-corrected chi connectivity index (χ2v) is 7.47. The van der Waals surface area contributed by atoms with Gasteiger partial charge in [-0.1, -0.05) is 36.1 Å². The molecule has 8 nitrogen and oxygen atoms in total. The fraction of sp³-hybridized carbons (Fsp3) is 0.211. The fourth-order valence-corrected chi connectivity index (χ4v) is 3.46. The highest BCUT2D eigenvalue weighted by Gasteiger charge is 2.26. The Morgan fingerprint density at radius 3 is 2.79 bits per heavy atom. The second-order valence-electron chi connectivity index (χ2n) is 5.86. The van der Waals surface area contributed by atoms with Gasteiger partial charge in [-0.25, -0.2) is 0 Å². The van der Waals surface area contributed by atoms with E-state index in [-0.39, 0.29) is 18.2 Å². The lowest BCUT2D eigenvalue weighted by molar-refractivity contribution is -0.384. The van der Waals surface area contributed by atoms with Crippen molar-refractivity contribution in [3.8, 4) is 11.5 Å². The van der Waals surface area contributed by atoms with Crippen molar-refractivity contribution >= 4 is 46.1 Å². The number of thioether (sulfide) groups is 1. The first-order valence-corrected chi connectivity index (χ1v) is 10.0. The van der Waals surface area contributed by atoms with Crippen LogP contribution in [0.15, 0.2) is 47.6 Å². The third kappa shape index (κ3) is 5.30. The Bertz CT molecular complexity index is 964. The molecule has 150 valence electrons. The van der Waals surface area contributed by atoms with Gasteiger partial charge in [-0.2, -0.15) is 10.1 Å². The molecule has 0 bridgehead atoms. The molecule has 1 fully saturated rings. The standard InChI is InChI=1S/C19H17N3O5S2/c1-2-26-17-9-13(10-20-21-18(23)12-29-19(21)28)6-7-16(17)27-11-14-4-3-5-15(8-14)22(24)25/h3-10H,2,11-12H2,1H3/b20-10+. The molecule has 0 unspecified atom stereocenters. The van der Waals surface area contributed by atoms with Crippen molar-refractivity contribution in [1.82, 2.24) is 5.01 Å². The monoisotopic (exact) mass is 431 g/mol. The lowest BCUT2D eigenvalue weighted by atomic mass is 10.2. The van der Waals surface area contributed by atoms with E-state index in [2.05, 4.69) is 5.10 Å². The molecule has 1 amide bonds. The lowest BCUT2D eigenvalue weighted by Crippen LogP contribution is -2.22. The van der Waals surface area contributed by atoms with E-state index in [4.69, 9.17) is 21.7 Å². The normalized spacial score (nSPS) is 13.9.